The Labute approximate surface area is 192 Å². The van der Waals surface area contributed by atoms with Crippen LogP contribution in [0.4, 0.5) is 0 Å². The lowest BCUT2D eigenvalue weighted by Crippen LogP contribution is -2.50. The molecule has 2 aromatic rings. The minimum Gasteiger partial charge on any atom is -0.492 e. The number of rotatable bonds is 5. The SMILES string of the molecule is C/C(=C\c1ccccc1)CN1CCN(CC2ON=C3c4cc(Br)ccc4OCC32)CC1. The first-order valence-electron chi connectivity index (χ1n) is 11.0. The molecule has 0 radical (unpaired) electrons. The number of fused-ring (bicyclic) bond motifs is 3. The van der Waals surface area contributed by atoms with Gasteiger partial charge in [0.1, 0.15) is 18.1 Å². The second-order valence-electron chi connectivity index (χ2n) is 8.66. The molecule has 2 atom stereocenters. The van der Waals surface area contributed by atoms with E-state index in [1.54, 1.807) is 0 Å². The van der Waals surface area contributed by atoms with Gasteiger partial charge in [-0.15, -0.1) is 0 Å². The van der Waals surface area contributed by atoms with E-state index in [2.05, 4.69) is 80.3 Å². The Bertz CT molecular complexity index is 984. The van der Waals surface area contributed by atoms with Crippen LogP contribution in [0.2, 0.25) is 0 Å². The molecule has 0 aromatic heterocycles. The number of benzene rings is 2. The third-order valence-electron chi connectivity index (χ3n) is 6.31. The van der Waals surface area contributed by atoms with Gasteiger partial charge in [0.25, 0.3) is 0 Å². The molecule has 0 amide bonds. The topological polar surface area (TPSA) is 37.3 Å². The predicted molar refractivity (Wildman–Crippen MR) is 128 cm³/mol. The van der Waals surface area contributed by atoms with E-state index in [0.717, 1.165) is 60.8 Å². The fraction of sp³-hybridized carbons (Fsp3) is 0.400. The first-order chi connectivity index (χ1) is 15.2. The van der Waals surface area contributed by atoms with Crippen molar-refractivity contribution in [3.8, 4) is 5.75 Å². The number of halogens is 1. The Hall–Kier alpha value is -2.15. The maximum atomic E-state index is 6.01. The third-order valence-corrected chi connectivity index (χ3v) is 6.80. The van der Waals surface area contributed by atoms with Crippen molar-refractivity contribution in [3.05, 3.63) is 69.7 Å². The van der Waals surface area contributed by atoms with E-state index in [4.69, 9.17) is 9.57 Å². The van der Waals surface area contributed by atoms with Gasteiger partial charge in [-0.3, -0.25) is 9.80 Å². The third kappa shape index (κ3) is 4.71. The highest BCUT2D eigenvalue weighted by Crippen LogP contribution is 2.35. The van der Waals surface area contributed by atoms with Crippen LogP contribution in [0.25, 0.3) is 6.08 Å². The fourth-order valence-electron chi connectivity index (χ4n) is 4.66. The van der Waals surface area contributed by atoms with Gasteiger partial charge >= 0.3 is 0 Å². The van der Waals surface area contributed by atoms with Gasteiger partial charge in [-0.2, -0.15) is 0 Å². The molecule has 0 spiro atoms. The van der Waals surface area contributed by atoms with Crippen LogP contribution in [0.1, 0.15) is 18.1 Å². The predicted octanol–water partition coefficient (Wildman–Crippen LogP) is 4.28. The Morgan fingerprint density at radius 3 is 2.68 bits per heavy atom. The molecule has 5 nitrogen and oxygen atoms in total. The largest absolute Gasteiger partial charge is 0.492 e. The number of hydrogen-bond donors (Lipinski definition) is 0. The summed E-state index contributed by atoms with van der Waals surface area (Å²) < 4.78 is 7.04. The summed E-state index contributed by atoms with van der Waals surface area (Å²) in [6.07, 6.45) is 2.35. The van der Waals surface area contributed by atoms with Crippen LogP contribution in [0.5, 0.6) is 5.75 Å². The molecule has 2 unspecified atom stereocenters. The smallest absolute Gasteiger partial charge is 0.151 e. The number of piperazine rings is 1. The summed E-state index contributed by atoms with van der Waals surface area (Å²) in [5, 5.41) is 4.45. The molecule has 2 aromatic carbocycles. The monoisotopic (exact) mass is 481 g/mol. The van der Waals surface area contributed by atoms with E-state index in [-0.39, 0.29) is 12.0 Å². The maximum Gasteiger partial charge on any atom is 0.151 e. The summed E-state index contributed by atoms with van der Waals surface area (Å²) in [6, 6.07) is 16.6. The van der Waals surface area contributed by atoms with Gasteiger partial charge in [0.2, 0.25) is 0 Å². The number of oxime groups is 1. The van der Waals surface area contributed by atoms with Gasteiger partial charge in [0.05, 0.1) is 5.92 Å². The van der Waals surface area contributed by atoms with Crippen LogP contribution in [0, 0.1) is 5.92 Å². The van der Waals surface area contributed by atoms with Crippen LogP contribution in [-0.4, -0.2) is 67.5 Å². The highest BCUT2D eigenvalue weighted by molar-refractivity contribution is 9.10. The average molecular weight is 482 g/mol. The molecule has 0 bridgehead atoms. The minimum absolute atomic E-state index is 0.0633. The second-order valence-corrected chi connectivity index (χ2v) is 9.57. The van der Waals surface area contributed by atoms with Gasteiger partial charge in [-0.1, -0.05) is 63.1 Å². The van der Waals surface area contributed by atoms with Gasteiger partial charge in [0, 0.05) is 49.3 Å². The van der Waals surface area contributed by atoms with Crippen molar-refractivity contribution in [2.75, 3.05) is 45.9 Å². The molecule has 162 valence electrons. The van der Waals surface area contributed by atoms with Crippen molar-refractivity contribution in [1.82, 2.24) is 9.80 Å². The van der Waals surface area contributed by atoms with Gasteiger partial charge < -0.3 is 9.57 Å². The Kier molecular flexibility index (Phi) is 6.12. The number of nitrogens with zero attached hydrogens (tertiary/aromatic N) is 3. The van der Waals surface area contributed by atoms with E-state index in [1.807, 2.05) is 12.1 Å². The van der Waals surface area contributed by atoms with Gasteiger partial charge in [-0.25, -0.2) is 0 Å². The van der Waals surface area contributed by atoms with Crippen LogP contribution < -0.4 is 4.74 Å². The summed E-state index contributed by atoms with van der Waals surface area (Å²) in [6.45, 7) is 9.07. The van der Waals surface area contributed by atoms with Gasteiger partial charge in [0.15, 0.2) is 6.10 Å². The van der Waals surface area contributed by atoms with E-state index in [0.29, 0.717) is 6.61 Å². The lowest BCUT2D eigenvalue weighted by Gasteiger charge is -2.36. The zero-order valence-corrected chi connectivity index (χ0v) is 19.4. The van der Waals surface area contributed by atoms with E-state index < -0.39 is 0 Å². The molecule has 3 aliphatic heterocycles. The quantitative estimate of drug-likeness (QED) is 0.638. The first-order valence-corrected chi connectivity index (χ1v) is 11.8. The molecule has 0 N–H and O–H groups in total. The Morgan fingerprint density at radius 2 is 1.87 bits per heavy atom. The first kappa shape index (κ1) is 20.7. The molecule has 6 heteroatoms. The van der Waals surface area contributed by atoms with Crippen molar-refractivity contribution < 1.29 is 9.57 Å². The van der Waals surface area contributed by atoms with Crippen LogP contribution in [0.3, 0.4) is 0 Å². The summed E-state index contributed by atoms with van der Waals surface area (Å²) in [7, 11) is 0. The van der Waals surface area contributed by atoms with E-state index >= 15 is 0 Å². The molecule has 31 heavy (non-hydrogen) atoms. The summed E-state index contributed by atoms with van der Waals surface area (Å²) >= 11 is 3.55. The zero-order chi connectivity index (χ0) is 21.2. The highest BCUT2D eigenvalue weighted by atomic mass is 79.9. The lowest BCUT2D eigenvalue weighted by atomic mass is 9.90. The zero-order valence-electron chi connectivity index (χ0n) is 17.8. The average Bonchev–Trinajstić information content (AvgIpc) is 3.19. The summed E-state index contributed by atoms with van der Waals surface area (Å²) in [4.78, 5) is 10.9. The number of hydrogen-bond acceptors (Lipinski definition) is 5. The second kappa shape index (κ2) is 9.15. The van der Waals surface area contributed by atoms with E-state index in [1.165, 1.54) is 11.1 Å². The Balaban J connectivity index is 1.13. The van der Waals surface area contributed by atoms with E-state index in [9.17, 15) is 0 Å². The van der Waals surface area contributed by atoms with Crippen molar-refractivity contribution in [1.29, 1.82) is 0 Å². The van der Waals surface area contributed by atoms with Crippen LogP contribution in [0.15, 0.2) is 63.7 Å². The molecule has 5 rings (SSSR count). The molecule has 0 aliphatic carbocycles. The summed E-state index contributed by atoms with van der Waals surface area (Å²) in [5.74, 6) is 1.10. The van der Waals surface area contributed by atoms with Crippen LogP contribution >= 0.6 is 15.9 Å². The molecule has 3 aliphatic rings. The van der Waals surface area contributed by atoms with Crippen molar-refractivity contribution >= 4 is 27.7 Å². The minimum atomic E-state index is 0.0633. The number of ether oxygens (including phenoxy) is 1. The lowest BCUT2D eigenvalue weighted by molar-refractivity contribution is 0.0101. The van der Waals surface area contributed by atoms with Crippen molar-refractivity contribution in [2.24, 2.45) is 11.1 Å². The van der Waals surface area contributed by atoms with Gasteiger partial charge in [-0.05, 0) is 30.7 Å². The molecular weight excluding hydrogens is 454 g/mol. The standard InChI is InChI=1S/C25H28BrN3O2/c1-18(13-19-5-3-2-4-6-19)15-28-9-11-29(12-10-28)16-24-22-17-30-23-8-7-20(26)14-21(23)25(22)27-31-24/h2-8,13-14,22,24H,9-12,15-17H2,1H3/b18-13+. The maximum absolute atomic E-state index is 6.01. The fourth-order valence-corrected chi connectivity index (χ4v) is 5.02. The van der Waals surface area contributed by atoms with Crippen LogP contribution in [-0.2, 0) is 4.84 Å². The molecular formula is C25H28BrN3O2. The highest BCUT2D eigenvalue weighted by Gasteiger charge is 2.40. The van der Waals surface area contributed by atoms with Crippen molar-refractivity contribution in [2.45, 2.75) is 13.0 Å². The molecule has 3 heterocycles. The summed E-state index contributed by atoms with van der Waals surface area (Å²) in [5.41, 5.74) is 4.77. The normalized spacial score (nSPS) is 24.1. The van der Waals surface area contributed by atoms with Crippen molar-refractivity contribution in [3.63, 3.8) is 0 Å². The molecule has 0 saturated carbocycles. The molecule has 1 fully saturated rings. The molecule has 1 saturated heterocycles. The Morgan fingerprint density at radius 1 is 1.10 bits per heavy atom.